The molecular weight excluding hydrogens is 310 g/mol. The van der Waals surface area contributed by atoms with Crippen molar-refractivity contribution in [1.82, 2.24) is 4.31 Å². The molecule has 5 nitrogen and oxygen atoms in total. The second-order valence-electron chi connectivity index (χ2n) is 5.65. The molecule has 0 amide bonds. The van der Waals surface area contributed by atoms with E-state index in [4.69, 9.17) is 4.74 Å². The maximum absolute atomic E-state index is 12.9. The molecular formula is C14H19NO4S2. The molecule has 0 bridgehead atoms. The van der Waals surface area contributed by atoms with E-state index in [0.29, 0.717) is 10.6 Å². The molecule has 1 aromatic heterocycles. The number of nitrogens with zero attached hydrogens (tertiary/aromatic N) is 1. The van der Waals surface area contributed by atoms with Crippen LogP contribution in [0.15, 0.2) is 21.7 Å². The minimum atomic E-state index is -3.62. The summed E-state index contributed by atoms with van der Waals surface area (Å²) in [6.45, 7) is 0. The monoisotopic (exact) mass is 329 g/mol. The SMILES string of the molecule is COC(=O)[C@@H]1C[C@@H]2CCCC[C@@H]2N1S(=O)(=O)c1cccs1. The van der Waals surface area contributed by atoms with Crippen LogP contribution in [0.2, 0.25) is 0 Å². The number of hydrogen-bond acceptors (Lipinski definition) is 5. The largest absolute Gasteiger partial charge is 0.468 e. The van der Waals surface area contributed by atoms with Crippen LogP contribution in [0, 0.1) is 5.92 Å². The van der Waals surface area contributed by atoms with Crippen molar-refractivity contribution in [2.24, 2.45) is 5.92 Å². The number of carbonyl (C=O) groups excluding carboxylic acids is 1. The average molecular weight is 329 g/mol. The second-order valence-corrected chi connectivity index (χ2v) is 8.67. The van der Waals surface area contributed by atoms with E-state index >= 15 is 0 Å². The summed E-state index contributed by atoms with van der Waals surface area (Å²) in [5.41, 5.74) is 0. The molecule has 1 aliphatic carbocycles. The van der Waals surface area contributed by atoms with Gasteiger partial charge in [0, 0.05) is 6.04 Å². The van der Waals surface area contributed by atoms with Crippen LogP contribution < -0.4 is 0 Å². The lowest BCUT2D eigenvalue weighted by atomic mass is 9.85. The first-order valence-corrected chi connectivity index (χ1v) is 9.52. The summed E-state index contributed by atoms with van der Waals surface area (Å²) >= 11 is 1.20. The first-order chi connectivity index (χ1) is 10.1. The maximum Gasteiger partial charge on any atom is 0.324 e. The van der Waals surface area contributed by atoms with Crippen molar-refractivity contribution in [3.63, 3.8) is 0 Å². The van der Waals surface area contributed by atoms with Crippen molar-refractivity contribution >= 4 is 27.3 Å². The molecule has 2 heterocycles. The fourth-order valence-corrected chi connectivity index (χ4v) is 6.58. The zero-order chi connectivity index (χ0) is 15.0. The smallest absolute Gasteiger partial charge is 0.324 e. The van der Waals surface area contributed by atoms with Gasteiger partial charge in [-0.25, -0.2) is 8.42 Å². The molecule has 1 aromatic rings. The van der Waals surface area contributed by atoms with Gasteiger partial charge in [0.25, 0.3) is 10.0 Å². The summed E-state index contributed by atoms with van der Waals surface area (Å²) < 4.78 is 32.4. The third kappa shape index (κ3) is 2.51. The quantitative estimate of drug-likeness (QED) is 0.798. The number of thiophene rings is 1. The van der Waals surface area contributed by atoms with Crippen molar-refractivity contribution in [3.05, 3.63) is 17.5 Å². The Bertz CT molecular complexity index is 611. The van der Waals surface area contributed by atoms with Gasteiger partial charge in [-0.15, -0.1) is 11.3 Å². The molecule has 0 aromatic carbocycles. The van der Waals surface area contributed by atoms with Crippen molar-refractivity contribution in [2.45, 2.75) is 48.4 Å². The summed E-state index contributed by atoms with van der Waals surface area (Å²) in [5.74, 6) is -0.165. The van der Waals surface area contributed by atoms with Gasteiger partial charge in [0.05, 0.1) is 7.11 Å². The van der Waals surface area contributed by atoms with E-state index in [1.165, 1.54) is 22.8 Å². The van der Waals surface area contributed by atoms with E-state index < -0.39 is 22.0 Å². The number of hydrogen-bond donors (Lipinski definition) is 0. The van der Waals surface area contributed by atoms with Crippen LogP contribution >= 0.6 is 11.3 Å². The van der Waals surface area contributed by atoms with Crippen LogP contribution in [0.3, 0.4) is 0 Å². The molecule has 0 radical (unpaired) electrons. The highest BCUT2D eigenvalue weighted by Crippen LogP contribution is 2.43. The van der Waals surface area contributed by atoms with Crippen molar-refractivity contribution in [3.8, 4) is 0 Å². The minimum absolute atomic E-state index is 0.0602. The van der Waals surface area contributed by atoms with Gasteiger partial charge >= 0.3 is 5.97 Å². The van der Waals surface area contributed by atoms with Gasteiger partial charge in [-0.3, -0.25) is 4.79 Å². The summed E-state index contributed by atoms with van der Waals surface area (Å²) in [6, 6.07) is 2.59. The number of carbonyl (C=O) groups is 1. The highest BCUT2D eigenvalue weighted by molar-refractivity contribution is 7.91. The highest BCUT2D eigenvalue weighted by atomic mass is 32.2. The van der Waals surface area contributed by atoms with Gasteiger partial charge in [0.1, 0.15) is 10.3 Å². The Morgan fingerprint density at radius 2 is 2.14 bits per heavy atom. The van der Waals surface area contributed by atoms with Gasteiger partial charge in [-0.05, 0) is 36.6 Å². The Labute approximate surface area is 129 Å². The van der Waals surface area contributed by atoms with E-state index in [0.717, 1.165) is 25.7 Å². The molecule has 0 spiro atoms. The van der Waals surface area contributed by atoms with Crippen LogP contribution in [-0.4, -0.2) is 37.9 Å². The van der Waals surface area contributed by atoms with Crippen LogP contribution in [0.4, 0.5) is 0 Å². The van der Waals surface area contributed by atoms with Gasteiger partial charge in [0.2, 0.25) is 0 Å². The molecule has 116 valence electrons. The lowest BCUT2D eigenvalue weighted by Gasteiger charge is -2.31. The molecule has 2 aliphatic rings. The lowest BCUT2D eigenvalue weighted by molar-refractivity contribution is -0.144. The number of sulfonamides is 1. The van der Waals surface area contributed by atoms with Crippen molar-refractivity contribution in [2.75, 3.05) is 7.11 Å². The molecule has 3 rings (SSSR count). The fourth-order valence-electron chi connectivity index (χ4n) is 3.62. The first kappa shape index (κ1) is 15.0. The van der Waals surface area contributed by atoms with E-state index in [-0.39, 0.29) is 12.0 Å². The summed E-state index contributed by atoms with van der Waals surface area (Å²) in [5, 5.41) is 1.74. The normalized spacial score (nSPS) is 30.0. The highest BCUT2D eigenvalue weighted by Gasteiger charge is 2.51. The number of ether oxygens (including phenoxy) is 1. The third-order valence-corrected chi connectivity index (χ3v) is 7.84. The van der Waals surface area contributed by atoms with Crippen LogP contribution in [-0.2, 0) is 19.6 Å². The summed E-state index contributed by atoms with van der Waals surface area (Å²) in [4.78, 5) is 12.1. The fraction of sp³-hybridized carbons (Fsp3) is 0.643. The molecule has 2 fully saturated rings. The summed E-state index contributed by atoms with van der Waals surface area (Å²) in [7, 11) is -2.30. The predicted molar refractivity (Wildman–Crippen MR) is 79.5 cm³/mol. The topological polar surface area (TPSA) is 63.7 Å². The van der Waals surface area contributed by atoms with E-state index in [9.17, 15) is 13.2 Å². The predicted octanol–water partition coefficient (Wildman–Crippen LogP) is 2.24. The number of fused-ring (bicyclic) bond motifs is 1. The van der Waals surface area contributed by atoms with Gasteiger partial charge in [0.15, 0.2) is 0 Å². The van der Waals surface area contributed by atoms with Crippen LogP contribution in [0.5, 0.6) is 0 Å². The maximum atomic E-state index is 12.9. The Kier molecular flexibility index (Phi) is 4.07. The molecule has 1 saturated heterocycles. The third-order valence-electron chi connectivity index (χ3n) is 4.53. The zero-order valence-electron chi connectivity index (χ0n) is 11.9. The van der Waals surface area contributed by atoms with Gasteiger partial charge < -0.3 is 4.74 Å². The Balaban J connectivity index is 2.00. The Morgan fingerprint density at radius 3 is 2.81 bits per heavy atom. The molecule has 7 heteroatoms. The number of esters is 1. The first-order valence-electron chi connectivity index (χ1n) is 7.20. The molecule has 1 aliphatic heterocycles. The van der Waals surface area contributed by atoms with Crippen molar-refractivity contribution < 1.29 is 17.9 Å². The molecule has 21 heavy (non-hydrogen) atoms. The zero-order valence-corrected chi connectivity index (χ0v) is 13.5. The molecule has 1 saturated carbocycles. The van der Waals surface area contributed by atoms with E-state index in [2.05, 4.69) is 0 Å². The standard InChI is InChI=1S/C14H19NO4S2/c1-19-14(16)12-9-10-5-2-3-6-11(10)15(12)21(17,18)13-7-4-8-20-13/h4,7-8,10-12H,2-3,5-6,9H2,1H3/t10-,11-,12-/m0/s1. The molecule has 0 unspecified atom stereocenters. The van der Waals surface area contributed by atoms with Crippen molar-refractivity contribution in [1.29, 1.82) is 0 Å². The second kappa shape index (κ2) is 5.70. The Hall–Kier alpha value is -0.920. The van der Waals surface area contributed by atoms with E-state index in [1.54, 1.807) is 17.5 Å². The van der Waals surface area contributed by atoms with E-state index in [1.807, 2.05) is 0 Å². The van der Waals surface area contributed by atoms with Crippen LogP contribution in [0.25, 0.3) is 0 Å². The average Bonchev–Trinajstić information content (AvgIpc) is 3.13. The van der Waals surface area contributed by atoms with Gasteiger partial charge in [-0.1, -0.05) is 18.9 Å². The van der Waals surface area contributed by atoms with Gasteiger partial charge in [-0.2, -0.15) is 4.31 Å². The lowest BCUT2D eigenvalue weighted by Crippen LogP contribution is -2.46. The summed E-state index contributed by atoms with van der Waals surface area (Å²) in [6.07, 6.45) is 4.55. The number of rotatable bonds is 3. The molecule has 3 atom stereocenters. The minimum Gasteiger partial charge on any atom is -0.468 e. The number of methoxy groups -OCH3 is 1. The van der Waals surface area contributed by atoms with Crippen LogP contribution in [0.1, 0.15) is 32.1 Å². The Morgan fingerprint density at radius 1 is 1.38 bits per heavy atom. The molecule has 0 N–H and O–H groups in total.